The summed E-state index contributed by atoms with van der Waals surface area (Å²) >= 11 is 0. The third kappa shape index (κ3) is 6.62. The predicted octanol–water partition coefficient (Wildman–Crippen LogP) is 1.48. The molecule has 0 saturated heterocycles. The summed E-state index contributed by atoms with van der Waals surface area (Å²) in [5, 5.41) is 2.82. The van der Waals surface area contributed by atoms with Crippen LogP contribution in [0.25, 0.3) is 0 Å². The first-order chi connectivity index (χ1) is 9.25. The van der Waals surface area contributed by atoms with Gasteiger partial charge in [-0.15, -0.1) is 24.8 Å². The topological polar surface area (TPSA) is 83.8 Å². The fraction of sp³-hybridized carbons (Fsp3) is 0.286. The Hall–Kier alpha value is -1.56. The number of nitrogens with zero attached hydrogens (tertiary/aromatic N) is 1. The second-order valence-electron chi connectivity index (χ2n) is 4.37. The first kappa shape index (κ1) is 19.4. The molecule has 1 aromatic carbocycles. The lowest BCUT2D eigenvalue weighted by Crippen LogP contribution is -2.42. The van der Waals surface area contributed by atoms with E-state index < -0.39 is 6.04 Å². The molecular formula is C14H20Cl2N4O. The van der Waals surface area contributed by atoms with Crippen LogP contribution in [0.3, 0.4) is 0 Å². The van der Waals surface area contributed by atoms with Gasteiger partial charge in [-0.2, -0.15) is 0 Å². The number of nitrogens with two attached hydrogens (primary N) is 1. The molecule has 7 heteroatoms. The van der Waals surface area contributed by atoms with E-state index in [1.165, 1.54) is 0 Å². The molecule has 0 saturated carbocycles. The summed E-state index contributed by atoms with van der Waals surface area (Å²) in [6.07, 6.45) is 4.68. The van der Waals surface area contributed by atoms with E-state index in [9.17, 15) is 4.79 Å². The van der Waals surface area contributed by atoms with Crippen molar-refractivity contribution in [3.63, 3.8) is 0 Å². The highest BCUT2D eigenvalue weighted by Crippen LogP contribution is 2.01. The van der Waals surface area contributed by atoms with E-state index >= 15 is 0 Å². The Morgan fingerprint density at radius 1 is 1.29 bits per heavy atom. The van der Waals surface area contributed by atoms with Crippen LogP contribution in [-0.2, 0) is 17.6 Å². The van der Waals surface area contributed by atoms with E-state index in [1.54, 1.807) is 12.4 Å². The minimum Gasteiger partial charge on any atom is -0.354 e. The summed E-state index contributed by atoms with van der Waals surface area (Å²) < 4.78 is 0. The summed E-state index contributed by atoms with van der Waals surface area (Å²) in [4.78, 5) is 18.9. The third-order valence-corrected chi connectivity index (χ3v) is 2.85. The molecule has 116 valence electrons. The van der Waals surface area contributed by atoms with Crippen LogP contribution >= 0.6 is 24.8 Å². The molecule has 0 aliphatic carbocycles. The van der Waals surface area contributed by atoms with Crippen molar-refractivity contribution in [1.82, 2.24) is 15.3 Å². The molecule has 1 heterocycles. The number of H-pyrrole nitrogens is 1. The molecule has 4 N–H and O–H groups in total. The minimum absolute atomic E-state index is 0. The Kier molecular flexibility index (Phi) is 9.45. The van der Waals surface area contributed by atoms with Crippen molar-refractivity contribution < 1.29 is 4.79 Å². The highest BCUT2D eigenvalue weighted by molar-refractivity contribution is 5.85. The molecule has 2 rings (SSSR count). The lowest BCUT2D eigenvalue weighted by atomic mass is 10.1. The van der Waals surface area contributed by atoms with E-state index in [-0.39, 0.29) is 30.7 Å². The number of hydrogen-bond donors (Lipinski definition) is 3. The van der Waals surface area contributed by atoms with Crippen molar-refractivity contribution in [1.29, 1.82) is 0 Å². The van der Waals surface area contributed by atoms with Gasteiger partial charge in [-0.1, -0.05) is 30.3 Å². The van der Waals surface area contributed by atoms with Gasteiger partial charge in [-0.05, 0) is 12.0 Å². The number of halogens is 2. The molecular weight excluding hydrogens is 311 g/mol. The van der Waals surface area contributed by atoms with E-state index in [0.717, 1.165) is 11.4 Å². The van der Waals surface area contributed by atoms with Crippen LogP contribution in [0.5, 0.6) is 0 Å². The largest absolute Gasteiger partial charge is 0.354 e. The van der Waals surface area contributed by atoms with Crippen LogP contribution in [0.4, 0.5) is 0 Å². The first-order valence-corrected chi connectivity index (χ1v) is 6.31. The molecule has 1 atom stereocenters. The molecule has 5 nitrogen and oxygen atoms in total. The van der Waals surface area contributed by atoms with Gasteiger partial charge in [-0.25, -0.2) is 4.98 Å². The Morgan fingerprint density at radius 2 is 2.00 bits per heavy atom. The SMILES string of the molecule is Cl.Cl.N[C@@H](Cc1ccccc1)C(=O)NCCc1ncc[nH]1. The van der Waals surface area contributed by atoms with Crippen molar-refractivity contribution in [3.8, 4) is 0 Å². The van der Waals surface area contributed by atoms with Gasteiger partial charge in [0.25, 0.3) is 0 Å². The molecule has 0 fully saturated rings. The second-order valence-corrected chi connectivity index (χ2v) is 4.37. The van der Waals surface area contributed by atoms with Crippen LogP contribution in [-0.4, -0.2) is 28.5 Å². The smallest absolute Gasteiger partial charge is 0.237 e. The van der Waals surface area contributed by atoms with Gasteiger partial charge in [0.1, 0.15) is 5.82 Å². The Balaban J connectivity index is 0.00000200. The summed E-state index contributed by atoms with van der Waals surface area (Å²) in [7, 11) is 0. The Labute approximate surface area is 136 Å². The Bertz CT molecular complexity index is 505. The number of imidazole rings is 1. The average molecular weight is 331 g/mol. The molecule has 0 aliphatic rings. The number of benzene rings is 1. The Morgan fingerprint density at radius 3 is 2.62 bits per heavy atom. The number of amides is 1. The van der Waals surface area contributed by atoms with Gasteiger partial charge in [0, 0.05) is 25.4 Å². The van der Waals surface area contributed by atoms with Crippen molar-refractivity contribution in [2.75, 3.05) is 6.54 Å². The normalized spacial score (nSPS) is 10.9. The summed E-state index contributed by atoms with van der Waals surface area (Å²) in [5.74, 6) is 0.729. The number of rotatable bonds is 6. The maximum absolute atomic E-state index is 11.8. The van der Waals surface area contributed by atoms with Crippen molar-refractivity contribution >= 4 is 30.7 Å². The summed E-state index contributed by atoms with van der Waals surface area (Å²) in [6, 6.07) is 9.25. The molecule has 0 spiro atoms. The highest BCUT2D eigenvalue weighted by atomic mass is 35.5. The fourth-order valence-electron chi connectivity index (χ4n) is 1.83. The maximum Gasteiger partial charge on any atom is 0.237 e. The second kappa shape index (κ2) is 10.2. The highest BCUT2D eigenvalue weighted by Gasteiger charge is 2.13. The van der Waals surface area contributed by atoms with Crippen molar-refractivity contribution in [3.05, 3.63) is 54.1 Å². The molecule has 0 bridgehead atoms. The lowest BCUT2D eigenvalue weighted by molar-refractivity contribution is -0.122. The summed E-state index contributed by atoms with van der Waals surface area (Å²) in [5.41, 5.74) is 6.94. The first-order valence-electron chi connectivity index (χ1n) is 6.31. The van der Waals surface area contributed by atoms with Gasteiger partial charge in [0.2, 0.25) is 5.91 Å². The van der Waals surface area contributed by atoms with Gasteiger partial charge in [0.15, 0.2) is 0 Å². The number of nitrogens with one attached hydrogen (secondary N) is 2. The maximum atomic E-state index is 11.8. The number of aromatic nitrogens is 2. The number of carbonyl (C=O) groups excluding carboxylic acids is 1. The van der Waals surface area contributed by atoms with Crippen LogP contribution in [0.15, 0.2) is 42.7 Å². The quantitative estimate of drug-likeness (QED) is 0.750. The zero-order valence-corrected chi connectivity index (χ0v) is 13.1. The summed E-state index contributed by atoms with van der Waals surface area (Å²) in [6.45, 7) is 0.537. The van der Waals surface area contributed by atoms with Crippen LogP contribution in [0.1, 0.15) is 11.4 Å². The van der Waals surface area contributed by atoms with Crippen LogP contribution in [0, 0.1) is 0 Å². The molecule has 2 aromatic rings. The van der Waals surface area contributed by atoms with E-state index in [0.29, 0.717) is 19.4 Å². The van der Waals surface area contributed by atoms with E-state index in [2.05, 4.69) is 15.3 Å². The predicted molar refractivity (Wildman–Crippen MR) is 87.9 cm³/mol. The monoisotopic (exact) mass is 330 g/mol. The van der Waals surface area contributed by atoms with Crippen LogP contribution < -0.4 is 11.1 Å². The fourth-order valence-corrected chi connectivity index (χ4v) is 1.83. The van der Waals surface area contributed by atoms with Gasteiger partial charge >= 0.3 is 0 Å². The van der Waals surface area contributed by atoms with E-state index in [4.69, 9.17) is 5.73 Å². The zero-order valence-electron chi connectivity index (χ0n) is 11.5. The molecule has 1 amide bonds. The molecule has 21 heavy (non-hydrogen) atoms. The van der Waals surface area contributed by atoms with Gasteiger partial charge in [-0.3, -0.25) is 4.79 Å². The number of hydrogen-bond acceptors (Lipinski definition) is 3. The molecule has 0 unspecified atom stereocenters. The van der Waals surface area contributed by atoms with E-state index in [1.807, 2.05) is 30.3 Å². The lowest BCUT2D eigenvalue weighted by Gasteiger charge is -2.11. The van der Waals surface area contributed by atoms with Gasteiger partial charge < -0.3 is 16.0 Å². The number of aromatic amines is 1. The standard InChI is InChI=1S/C14H18N4O.2ClH/c15-12(10-11-4-2-1-3-5-11)14(19)18-7-6-13-16-8-9-17-13;;/h1-5,8-9,12H,6-7,10,15H2,(H,16,17)(H,18,19);2*1H/t12-;;/m0../s1. The average Bonchev–Trinajstić information content (AvgIpc) is 2.93. The molecule has 0 aliphatic heterocycles. The minimum atomic E-state index is -0.515. The third-order valence-electron chi connectivity index (χ3n) is 2.85. The number of carbonyl (C=O) groups is 1. The van der Waals surface area contributed by atoms with Gasteiger partial charge in [0.05, 0.1) is 6.04 Å². The molecule has 0 radical (unpaired) electrons. The van der Waals surface area contributed by atoms with Crippen LogP contribution in [0.2, 0.25) is 0 Å². The van der Waals surface area contributed by atoms with Crippen molar-refractivity contribution in [2.45, 2.75) is 18.9 Å². The zero-order chi connectivity index (χ0) is 13.5. The molecule has 1 aromatic heterocycles. The van der Waals surface area contributed by atoms with Crippen molar-refractivity contribution in [2.24, 2.45) is 5.73 Å².